The minimum atomic E-state index is -1.66. The average Bonchev–Trinajstić information content (AvgIpc) is 3.42. The van der Waals surface area contributed by atoms with Crippen LogP contribution in [-0.2, 0) is 30.4 Å². The predicted molar refractivity (Wildman–Crippen MR) is 151 cm³/mol. The van der Waals surface area contributed by atoms with Gasteiger partial charge >= 0.3 is 11.9 Å². The van der Waals surface area contributed by atoms with Gasteiger partial charge in [-0.05, 0) is 56.2 Å². The Bertz CT molecular complexity index is 1540. The van der Waals surface area contributed by atoms with Gasteiger partial charge in [0.05, 0.1) is 36.1 Å². The van der Waals surface area contributed by atoms with Crippen LogP contribution in [-0.4, -0.2) is 47.2 Å². The molecule has 41 heavy (non-hydrogen) atoms. The topological polar surface area (TPSA) is 88.5 Å². The highest BCUT2D eigenvalue weighted by Crippen LogP contribution is 2.53. The van der Waals surface area contributed by atoms with Gasteiger partial charge in [-0.3, -0.25) is 4.79 Å². The van der Waals surface area contributed by atoms with Gasteiger partial charge in [0.25, 0.3) is 5.91 Å². The molecule has 3 aromatic rings. The second-order valence-electron chi connectivity index (χ2n) is 9.67. The van der Waals surface area contributed by atoms with Gasteiger partial charge in [-0.15, -0.1) is 0 Å². The molecule has 5 rings (SSSR count). The fourth-order valence-electron chi connectivity index (χ4n) is 5.72. The zero-order valence-corrected chi connectivity index (χ0v) is 23.0. The summed E-state index contributed by atoms with van der Waals surface area (Å²) in [4.78, 5) is 43.9. The van der Waals surface area contributed by atoms with Crippen LogP contribution in [0.5, 0.6) is 0 Å². The SMILES string of the molecule is CCOC(=O)C1=C(C(=O)OCC)N(Cc2cccc(F)c2)C2(C(=O)N(c3ccccc3)N=C2C)C1c1ccccc1. The van der Waals surface area contributed by atoms with E-state index in [-0.39, 0.29) is 31.0 Å². The van der Waals surface area contributed by atoms with Crippen LogP contribution < -0.4 is 5.01 Å². The van der Waals surface area contributed by atoms with E-state index >= 15 is 0 Å². The summed E-state index contributed by atoms with van der Waals surface area (Å²) < 4.78 is 25.3. The number of esters is 2. The van der Waals surface area contributed by atoms with Gasteiger partial charge in [-0.1, -0.05) is 60.7 Å². The number of hydrogen-bond acceptors (Lipinski definition) is 7. The molecule has 9 heteroatoms. The Morgan fingerprint density at radius 2 is 1.54 bits per heavy atom. The van der Waals surface area contributed by atoms with Crippen LogP contribution in [0.2, 0.25) is 0 Å². The van der Waals surface area contributed by atoms with E-state index in [0.29, 0.717) is 22.5 Å². The molecule has 0 aliphatic carbocycles. The number of anilines is 1. The van der Waals surface area contributed by atoms with Crippen LogP contribution in [0.1, 0.15) is 37.8 Å². The van der Waals surface area contributed by atoms with Crippen LogP contribution >= 0.6 is 0 Å². The third-order valence-corrected chi connectivity index (χ3v) is 7.30. The second kappa shape index (κ2) is 11.4. The molecule has 0 aromatic heterocycles. The Labute approximate surface area is 237 Å². The predicted octanol–water partition coefficient (Wildman–Crippen LogP) is 4.97. The first kappa shape index (κ1) is 27.8. The standard InChI is InChI=1S/C32H30FN3O5/c1-4-40-29(37)26-27(23-14-8-6-9-15-23)32(21(3)34-36(31(32)39)25-17-10-7-11-18-25)35(28(26)30(38)41-5-2)20-22-13-12-16-24(33)19-22/h6-19,27H,4-5,20H2,1-3H3. The molecule has 8 nitrogen and oxygen atoms in total. The van der Waals surface area contributed by atoms with Crippen molar-refractivity contribution in [1.29, 1.82) is 0 Å². The van der Waals surface area contributed by atoms with Crippen molar-refractivity contribution in [3.8, 4) is 0 Å². The van der Waals surface area contributed by atoms with Gasteiger partial charge in [0.1, 0.15) is 11.5 Å². The number of carbonyl (C=O) groups is 3. The van der Waals surface area contributed by atoms with Crippen molar-refractivity contribution in [2.45, 2.75) is 38.8 Å². The fourth-order valence-corrected chi connectivity index (χ4v) is 5.72. The summed E-state index contributed by atoms with van der Waals surface area (Å²) in [7, 11) is 0. The number of hydrazone groups is 1. The number of carbonyl (C=O) groups excluding carboxylic acids is 3. The summed E-state index contributed by atoms with van der Waals surface area (Å²) in [5, 5.41) is 5.99. The van der Waals surface area contributed by atoms with Crippen molar-refractivity contribution in [2.24, 2.45) is 5.10 Å². The third kappa shape index (κ3) is 4.67. The number of rotatable bonds is 8. The highest BCUT2D eigenvalue weighted by atomic mass is 19.1. The Hall–Kier alpha value is -4.79. The molecular weight excluding hydrogens is 525 g/mol. The average molecular weight is 556 g/mol. The van der Waals surface area contributed by atoms with E-state index in [0.717, 1.165) is 0 Å². The summed E-state index contributed by atoms with van der Waals surface area (Å²) in [6, 6.07) is 23.8. The quantitative estimate of drug-likeness (QED) is 0.365. The highest BCUT2D eigenvalue weighted by molar-refractivity contribution is 6.26. The van der Waals surface area contributed by atoms with Gasteiger partial charge in [0.15, 0.2) is 5.54 Å². The molecule has 1 spiro atoms. The lowest BCUT2D eigenvalue weighted by Crippen LogP contribution is -2.59. The molecule has 0 N–H and O–H groups in total. The summed E-state index contributed by atoms with van der Waals surface area (Å²) in [6.45, 7) is 5.02. The normalized spacial score (nSPS) is 20.0. The Morgan fingerprint density at radius 1 is 0.902 bits per heavy atom. The molecule has 3 aromatic carbocycles. The number of amides is 1. The number of para-hydroxylation sites is 1. The van der Waals surface area contributed by atoms with E-state index in [1.54, 1.807) is 86.3 Å². The van der Waals surface area contributed by atoms with E-state index in [2.05, 4.69) is 0 Å². The van der Waals surface area contributed by atoms with Gasteiger partial charge < -0.3 is 14.4 Å². The molecule has 0 radical (unpaired) electrons. The molecule has 2 unspecified atom stereocenters. The maximum absolute atomic E-state index is 14.8. The first-order valence-corrected chi connectivity index (χ1v) is 13.4. The van der Waals surface area contributed by atoms with Gasteiger partial charge in [-0.2, -0.15) is 10.1 Å². The summed E-state index contributed by atoms with van der Waals surface area (Å²) >= 11 is 0. The third-order valence-electron chi connectivity index (χ3n) is 7.30. The molecule has 1 amide bonds. The minimum Gasteiger partial charge on any atom is -0.463 e. The Balaban J connectivity index is 1.83. The van der Waals surface area contributed by atoms with Crippen LogP contribution in [0.3, 0.4) is 0 Å². The highest BCUT2D eigenvalue weighted by Gasteiger charge is 2.67. The van der Waals surface area contributed by atoms with Crippen molar-refractivity contribution >= 4 is 29.2 Å². The van der Waals surface area contributed by atoms with Crippen LogP contribution in [0.25, 0.3) is 0 Å². The Kier molecular flexibility index (Phi) is 7.70. The number of nitrogens with zero attached hydrogens (tertiary/aromatic N) is 3. The van der Waals surface area contributed by atoms with Crippen molar-refractivity contribution < 1.29 is 28.2 Å². The number of halogens is 1. The van der Waals surface area contributed by atoms with Crippen LogP contribution in [0.15, 0.2) is 101 Å². The van der Waals surface area contributed by atoms with E-state index in [1.807, 2.05) is 12.1 Å². The molecule has 0 saturated carbocycles. The minimum absolute atomic E-state index is 0.00860. The van der Waals surface area contributed by atoms with E-state index in [1.165, 1.54) is 17.1 Å². The first-order valence-electron chi connectivity index (χ1n) is 13.4. The number of hydrogen-bond donors (Lipinski definition) is 0. The summed E-state index contributed by atoms with van der Waals surface area (Å²) in [6.07, 6.45) is 0. The lowest BCUT2D eigenvalue weighted by atomic mass is 9.73. The maximum atomic E-state index is 14.8. The second-order valence-corrected chi connectivity index (χ2v) is 9.67. The van der Waals surface area contributed by atoms with Crippen LogP contribution in [0.4, 0.5) is 10.1 Å². The van der Waals surface area contributed by atoms with Gasteiger partial charge in [-0.25, -0.2) is 14.0 Å². The Morgan fingerprint density at radius 3 is 2.17 bits per heavy atom. The molecule has 0 bridgehead atoms. The fraction of sp³-hybridized carbons (Fsp3) is 0.250. The van der Waals surface area contributed by atoms with E-state index in [4.69, 9.17) is 14.6 Å². The van der Waals surface area contributed by atoms with Crippen molar-refractivity contribution in [2.75, 3.05) is 18.2 Å². The van der Waals surface area contributed by atoms with Gasteiger partial charge in [0, 0.05) is 6.54 Å². The van der Waals surface area contributed by atoms with Crippen molar-refractivity contribution in [3.63, 3.8) is 0 Å². The molecule has 2 aliphatic heterocycles. The zero-order valence-electron chi connectivity index (χ0n) is 23.0. The van der Waals surface area contributed by atoms with E-state index in [9.17, 15) is 18.8 Å². The molecule has 2 heterocycles. The van der Waals surface area contributed by atoms with Crippen LogP contribution in [0, 0.1) is 5.82 Å². The molecule has 210 valence electrons. The zero-order chi connectivity index (χ0) is 29.1. The van der Waals surface area contributed by atoms with Crippen molar-refractivity contribution in [3.05, 3.63) is 113 Å². The monoisotopic (exact) mass is 555 g/mol. The lowest BCUT2D eigenvalue weighted by Gasteiger charge is -2.40. The molecule has 0 saturated heterocycles. The molecule has 2 atom stereocenters. The first-order chi connectivity index (χ1) is 19.8. The smallest absolute Gasteiger partial charge is 0.355 e. The van der Waals surface area contributed by atoms with Gasteiger partial charge in [0.2, 0.25) is 0 Å². The van der Waals surface area contributed by atoms with E-state index < -0.39 is 35.1 Å². The maximum Gasteiger partial charge on any atom is 0.355 e. The van der Waals surface area contributed by atoms with Crippen molar-refractivity contribution in [1.82, 2.24) is 4.90 Å². The summed E-state index contributed by atoms with van der Waals surface area (Å²) in [5.41, 5.74) is 0.199. The molecule has 2 aliphatic rings. The summed E-state index contributed by atoms with van der Waals surface area (Å²) in [5.74, 6) is -3.46. The number of ether oxygens (including phenoxy) is 2. The molecular formula is C32H30FN3O5. The lowest BCUT2D eigenvalue weighted by molar-refractivity contribution is -0.143. The largest absolute Gasteiger partial charge is 0.463 e. The molecule has 0 fully saturated rings. The number of benzene rings is 3.